The Balaban J connectivity index is 2.67. The molecule has 1 aromatic carbocycles. The van der Waals surface area contributed by atoms with Crippen LogP contribution >= 0.6 is 0 Å². The maximum absolute atomic E-state index is 11.5. The molecule has 0 saturated heterocycles. The van der Waals surface area contributed by atoms with E-state index in [0.29, 0.717) is 12.0 Å². The van der Waals surface area contributed by atoms with Crippen LogP contribution in [0.2, 0.25) is 0 Å². The molecule has 82 valence electrons. The summed E-state index contributed by atoms with van der Waals surface area (Å²) >= 11 is 0. The largest absolute Gasteiger partial charge is 0.396 e. The first-order valence-electron chi connectivity index (χ1n) is 5.04. The number of ketones is 1. The molecule has 0 heterocycles. The van der Waals surface area contributed by atoms with E-state index in [9.17, 15) is 4.79 Å². The van der Waals surface area contributed by atoms with Crippen LogP contribution in [-0.2, 0) is 6.42 Å². The van der Waals surface area contributed by atoms with Crippen molar-refractivity contribution >= 4 is 5.78 Å². The molecule has 0 aliphatic rings. The SMILES string of the molecule is CC(O)CC(=O)c1ccc(CCO)cc1. The number of aliphatic hydroxyl groups is 2. The third-order valence-corrected chi connectivity index (χ3v) is 2.16. The highest BCUT2D eigenvalue weighted by molar-refractivity contribution is 5.96. The van der Waals surface area contributed by atoms with Crippen LogP contribution < -0.4 is 0 Å². The molecule has 0 spiro atoms. The van der Waals surface area contributed by atoms with Crippen LogP contribution in [0.25, 0.3) is 0 Å². The Labute approximate surface area is 89.4 Å². The first kappa shape index (κ1) is 11.9. The van der Waals surface area contributed by atoms with Crippen LogP contribution in [0.3, 0.4) is 0 Å². The van der Waals surface area contributed by atoms with Crippen LogP contribution in [-0.4, -0.2) is 28.7 Å². The quantitative estimate of drug-likeness (QED) is 0.714. The highest BCUT2D eigenvalue weighted by Crippen LogP contribution is 2.08. The molecule has 0 saturated carbocycles. The Morgan fingerprint density at radius 2 is 1.93 bits per heavy atom. The molecule has 0 aromatic heterocycles. The first-order valence-corrected chi connectivity index (χ1v) is 5.04. The van der Waals surface area contributed by atoms with E-state index < -0.39 is 6.10 Å². The minimum Gasteiger partial charge on any atom is -0.396 e. The second-order valence-electron chi connectivity index (χ2n) is 3.65. The van der Waals surface area contributed by atoms with Gasteiger partial charge < -0.3 is 10.2 Å². The van der Waals surface area contributed by atoms with E-state index in [1.165, 1.54) is 0 Å². The number of rotatable bonds is 5. The number of aliphatic hydroxyl groups excluding tert-OH is 2. The molecule has 3 nitrogen and oxygen atoms in total. The molecule has 2 N–H and O–H groups in total. The number of Topliss-reactive ketones (excluding diaryl/α,β-unsaturated/α-hetero) is 1. The fraction of sp³-hybridized carbons (Fsp3) is 0.417. The van der Waals surface area contributed by atoms with Crippen molar-refractivity contribution < 1.29 is 15.0 Å². The van der Waals surface area contributed by atoms with Gasteiger partial charge in [-0.3, -0.25) is 4.79 Å². The highest BCUT2D eigenvalue weighted by atomic mass is 16.3. The zero-order chi connectivity index (χ0) is 11.3. The van der Waals surface area contributed by atoms with E-state index >= 15 is 0 Å². The molecular weight excluding hydrogens is 192 g/mol. The minimum absolute atomic E-state index is 0.0550. The minimum atomic E-state index is -0.602. The molecule has 1 atom stereocenters. The summed E-state index contributed by atoms with van der Waals surface area (Å²) in [6, 6.07) is 7.11. The fourth-order valence-corrected chi connectivity index (χ4v) is 1.37. The molecule has 0 amide bonds. The lowest BCUT2D eigenvalue weighted by Gasteiger charge is -2.04. The average Bonchev–Trinajstić information content (AvgIpc) is 2.18. The highest BCUT2D eigenvalue weighted by Gasteiger charge is 2.08. The van der Waals surface area contributed by atoms with Gasteiger partial charge in [-0.15, -0.1) is 0 Å². The van der Waals surface area contributed by atoms with Crippen molar-refractivity contribution in [2.75, 3.05) is 6.61 Å². The molecule has 0 aliphatic heterocycles. The molecule has 0 aliphatic carbocycles. The van der Waals surface area contributed by atoms with Crippen molar-refractivity contribution in [3.8, 4) is 0 Å². The molecule has 1 unspecified atom stereocenters. The summed E-state index contributed by atoms with van der Waals surface area (Å²) in [6.45, 7) is 1.71. The van der Waals surface area contributed by atoms with Gasteiger partial charge in [0.25, 0.3) is 0 Å². The van der Waals surface area contributed by atoms with Crippen molar-refractivity contribution in [2.24, 2.45) is 0 Å². The van der Waals surface area contributed by atoms with Gasteiger partial charge in [-0.25, -0.2) is 0 Å². The van der Waals surface area contributed by atoms with Crippen LogP contribution in [0.15, 0.2) is 24.3 Å². The maximum Gasteiger partial charge on any atom is 0.165 e. The second kappa shape index (κ2) is 5.63. The van der Waals surface area contributed by atoms with Gasteiger partial charge >= 0.3 is 0 Å². The molecule has 0 fully saturated rings. The Bertz CT molecular complexity index is 314. The van der Waals surface area contributed by atoms with Gasteiger partial charge in [0.05, 0.1) is 6.10 Å². The monoisotopic (exact) mass is 208 g/mol. The van der Waals surface area contributed by atoms with Gasteiger partial charge in [0.1, 0.15) is 0 Å². The van der Waals surface area contributed by atoms with Crippen molar-refractivity contribution in [3.63, 3.8) is 0 Å². The Hall–Kier alpha value is -1.19. The maximum atomic E-state index is 11.5. The number of carbonyl (C=O) groups excluding carboxylic acids is 1. The fourth-order valence-electron chi connectivity index (χ4n) is 1.37. The lowest BCUT2D eigenvalue weighted by atomic mass is 10.0. The van der Waals surface area contributed by atoms with Gasteiger partial charge in [-0.1, -0.05) is 24.3 Å². The van der Waals surface area contributed by atoms with E-state index in [4.69, 9.17) is 10.2 Å². The predicted molar refractivity (Wildman–Crippen MR) is 57.9 cm³/mol. The van der Waals surface area contributed by atoms with Gasteiger partial charge in [0, 0.05) is 18.6 Å². The molecule has 15 heavy (non-hydrogen) atoms. The Kier molecular flexibility index (Phi) is 4.46. The normalized spacial score (nSPS) is 12.5. The number of hydrogen-bond donors (Lipinski definition) is 2. The Morgan fingerprint density at radius 1 is 1.33 bits per heavy atom. The van der Waals surface area contributed by atoms with Crippen molar-refractivity contribution in [1.29, 1.82) is 0 Å². The third kappa shape index (κ3) is 3.81. The second-order valence-corrected chi connectivity index (χ2v) is 3.65. The van der Waals surface area contributed by atoms with Crippen LogP contribution in [0, 0.1) is 0 Å². The summed E-state index contributed by atoms with van der Waals surface area (Å²) < 4.78 is 0. The van der Waals surface area contributed by atoms with Gasteiger partial charge in [-0.2, -0.15) is 0 Å². The van der Waals surface area contributed by atoms with Crippen LogP contribution in [0.1, 0.15) is 29.3 Å². The lowest BCUT2D eigenvalue weighted by Crippen LogP contribution is -2.09. The molecule has 0 bridgehead atoms. The van der Waals surface area contributed by atoms with E-state index in [1.807, 2.05) is 12.1 Å². The van der Waals surface area contributed by atoms with Crippen molar-refractivity contribution in [1.82, 2.24) is 0 Å². The summed E-state index contributed by atoms with van der Waals surface area (Å²) in [7, 11) is 0. The predicted octanol–water partition coefficient (Wildman–Crippen LogP) is 1.18. The molecule has 0 radical (unpaired) electrons. The zero-order valence-corrected chi connectivity index (χ0v) is 8.81. The molecule has 3 heteroatoms. The zero-order valence-electron chi connectivity index (χ0n) is 8.81. The number of benzene rings is 1. The summed E-state index contributed by atoms with van der Waals surface area (Å²) in [4.78, 5) is 11.5. The lowest BCUT2D eigenvalue weighted by molar-refractivity contribution is 0.0901. The smallest absolute Gasteiger partial charge is 0.165 e. The average molecular weight is 208 g/mol. The number of carbonyl (C=O) groups is 1. The molecular formula is C12H16O3. The van der Waals surface area contributed by atoms with Crippen LogP contribution in [0.5, 0.6) is 0 Å². The van der Waals surface area contributed by atoms with Crippen molar-refractivity contribution in [3.05, 3.63) is 35.4 Å². The summed E-state index contributed by atoms with van der Waals surface area (Å²) in [6.07, 6.45) is 0.152. The standard InChI is InChI=1S/C12H16O3/c1-9(14)8-12(15)11-4-2-10(3-5-11)6-7-13/h2-5,9,13-14H,6-8H2,1H3. The molecule has 1 aromatic rings. The van der Waals surface area contributed by atoms with Crippen LogP contribution in [0.4, 0.5) is 0 Å². The summed E-state index contributed by atoms with van der Waals surface area (Å²) in [5.41, 5.74) is 1.61. The number of hydrogen-bond acceptors (Lipinski definition) is 3. The van der Waals surface area contributed by atoms with Gasteiger partial charge in [0.15, 0.2) is 5.78 Å². The third-order valence-electron chi connectivity index (χ3n) is 2.16. The Morgan fingerprint density at radius 3 is 2.40 bits per heavy atom. The van der Waals surface area contributed by atoms with Crippen molar-refractivity contribution in [2.45, 2.75) is 25.9 Å². The first-order chi connectivity index (χ1) is 7.13. The molecule has 1 rings (SSSR count). The van der Waals surface area contributed by atoms with E-state index in [2.05, 4.69) is 0 Å². The summed E-state index contributed by atoms with van der Waals surface area (Å²) in [5, 5.41) is 17.8. The topological polar surface area (TPSA) is 57.5 Å². The van der Waals surface area contributed by atoms with E-state index in [-0.39, 0.29) is 18.8 Å². The van der Waals surface area contributed by atoms with Gasteiger partial charge in [0.2, 0.25) is 0 Å². The van der Waals surface area contributed by atoms with Gasteiger partial charge in [-0.05, 0) is 18.9 Å². The van der Waals surface area contributed by atoms with E-state index in [0.717, 1.165) is 5.56 Å². The van der Waals surface area contributed by atoms with E-state index in [1.54, 1.807) is 19.1 Å². The summed E-state index contributed by atoms with van der Waals surface area (Å²) in [5.74, 6) is -0.0550.